The third-order valence-corrected chi connectivity index (χ3v) is 7.41. The zero-order valence-electron chi connectivity index (χ0n) is 21.6. The van der Waals surface area contributed by atoms with Crippen molar-refractivity contribution in [3.8, 4) is 0 Å². The Balaban J connectivity index is 1.28. The minimum Gasteiger partial charge on any atom is -0.355 e. The van der Waals surface area contributed by atoms with E-state index in [1.807, 2.05) is 47.0 Å². The number of rotatable bonds is 7. The molecule has 0 unspecified atom stereocenters. The molecule has 5 rings (SSSR count). The van der Waals surface area contributed by atoms with Crippen molar-refractivity contribution < 1.29 is 4.79 Å². The molecule has 1 aliphatic heterocycles. The first-order valence-corrected chi connectivity index (χ1v) is 13.1. The predicted octanol–water partition coefficient (Wildman–Crippen LogP) is 4.89. The number of anilines is 1. The Morgan fingerprint density at radius 2 is 1.65 bits per heavy atom. The summed E-state index contributed by atoms with van der Waals surface area (Å²) < 4.78 is 1.83. The van der Waals surface area contributed by atoms with Gasteiger partial charge in [0.15, 0.2) is 5.82 Å². The Labute approximate surface area is 218 Å². The normalized spacial score (nSPS) is 15.0. The molecule has 0 bridgehead atoms. The maximum Gasteiger partial charge on any atom is 0.294 e. The zero-order chi connectivity index (χ0) is 25.8. The molecule has 6 nitrogen and oxygen atoms in total. The molecule has 1 fully saturated rings. The Kier molecular flexibility index (Phi) is 7.35. The maximum atomic E-state index is 13.7. The molecule has 6 heteroatoms. The van der Waals surface area contributed by atoms with E-state index in [0.717, 1.165) is 16.6 Å². The lowest BCUT2D eigenvalue weighted by Crippen LogP contribution is -2.43. The van der Waals surface area contributed by atoms with Crippen LogP contribution in [0.4, 0.5) is 5.82 Å². The minimum atomic E-state index is -0.0844. The molecular formula is C31H34N4O2. The summed E-state index contributed by atoms with van der Waals surface area (Å²) in [5.41, 5.74) is 5.05. The van der Waals surface area contributed by atoms with Gasteiger partial charge in [0.2, 0.25) is 5.91 Å². The Hall–Kier alpha value is -3.93. The second-order valence-corrected chi connectivity index (χ2v) is 10.1. The summed E-state index contributed by atoms with van der Waals surface area (Å²) in [5, 5.41) is 3.14. The van der Waals surface area contributed by atoms with E-state index in [9.17, 15) is 9.59 Å². The summed E-state index contributed by atoms with van der Waals surface area (Å²) in [6.07, 6.45) is 1.41. The summed E-state index contributed by atoms with van der Waals surface area (Å²) in [6.45, 7) is 6.58. The molecular weight excluding hydrogens is 460 g/mol. The van der Waals surface area contributed by atoms with Crippen LogP contribution >= 0.6 is 0 Å². The highest BCUT2D eigenvalue weighted by atomic mass is 16.2. The van der Waals surface area contributed by atoms with Gasteiger partial charge in [-0.05, 0) is 48.9 Å². The lowest BCUT2D eigenvalue weighted by atomic mass is 9.95. The summed E-state index contributed by atoms with van der Waals surface area (Å²) >= 11 is 0. The van der Waals surface area contributed by atoms with Crippen molar-refractivity contribution in [2.24, 2.45) is 5.92 Å². The number of carbonyl (C=O) groups is 1. The predicted molar refractivity (Wildman–Crippen MR) is 149 cm³/mol. The van der Waals surface area contributed by atoms with Crippen LogP contribution < -0.4 is 15.8 Å². The van der Waals surface area contributed by atoms with Gasteiger partial charge in [-0.2, -0.15) is 0 Å². The molecule has 1 atom stereocenters. The summed E-state index contributed by atoms with van der Waals surface area (Å²) in [6, 6.07) is 26.3. The van der Waals surface area contributed by atoms with E-state index in [2.05, 4.69) is 60.5 Å². The van der Waals surface area contributed by atoms with Gasteiger partial charge in [-0.25, -0.2) is 4.98 Å². The highest BCUT2D eigenvalue weighted by Crippen LogP contribution is 2.23. The van der Waals surface area contributed by atoms with Crippen molar-refractivity contribution in [2.75, 3.05) is 24.5 Å². The lowest BCUT2D eigenvalue weighted by Gasteiger charge is -2.32. The van der Waals surface area contributed by atoms with E-state index in [4.69, 9.17) is 4.98 Å². The Morgan fingerprint density at radius 1 is 0.973 bits per heavy atom. The molecule has 0 aliphatic carbocycles. The molecule has 1 saturated heterocycles. The number of hydrogen-bond donors (Lipinski definition) is 1. The second-order valence-electron chi connectivity index (χ2n) is 10.1. The van der Waals surface area contributed by atoms with E-state index < -0.39 is 0 Å². The quantitative estimate of drug-likeness (QED) is 0.397. The van der Waals surface area contributed by atoms with Crippen LogP contribution in [0.15, 0.2) is 83.7 Å². The maximum absolute atomic E-state index is 13.7. The van der Waals surface area contributed by atoms with Crippen molar-refractivity contribution >= 4 is 22.8 Å². The highest BCUT2D eigenvalue weighted by Gasteiger charge is 2.28. The molecule has 1 aromatic heterocycles. The number of fused-ring (bicyclic) bond motifs is 1. The molecule has 0 saturated carbocycles. The SMILES string of the molecule is Cc1ccc(Cn2c(=O)c(N3CCC(C(=O)NC[C@@H](C)c4ccccc4)CC3)nc3ccccc32)cc1. The fourth-order valence-corrected chi connectivity index (χ4v) is 5.07. The van der Waals surface area contributed by atoms with Gasteiger partial charge in [-0.3, -0.25) is 14.2 Å². The van der Waals surface area contributed by atoms with Crippen molar-refractivity contribution in [2.45, 2.75) is 39.2 Å². The van der Waals surface area contributed by atoms with E-state index in [1.165, 1.54) is 11.1 Å². The van der Waals surface area contributed by atoms with Crippen LogP contribution in [0.5, 0.6) is 0 Å². The Bertz CT molecular complexity index is 1420. The van der Waals surface area contributed by atoms with Crippen LogP contribution in [0, 0.1) is 12.8 Å². The number of nitrogens with zero attached hydrogens (tertiary/aromatic N) is 3. The first-order valence-electron chi connectivity index (χ1n) is 13.1. The third kappa shape index (κ3) is 5.58. The number of piperidine rings is 1. The van der Waals surface area contributed by atoms with Gasteiger partial charge in [-0.1, -0.05) is 79.2 Å². The molecule has 0 radical (unpaired) electrons. The fourth-order valence-electron chi connectivity index (χ4n) is 5.07. The monoisotopic (exact) mass is 494 g/mol. The summed E-state index contributed by atoms with van der Waals surface area (Å²) in [4.78, 5) is 33.4. The lowest BCUT2D eigenvalue weighted by molar-refractivity contribution is -0.125. The van der Waals surface area contributed by atoms with E-state index in [0.29, 0.717) is 44.8 Å². The smallest absolute Gasteiger partial charge is 0.294 e. The molecule has 1 aliphatic rings. The molecule has 2 heterocycles. The molecule has 37 heavy (non-hydrogen) atoms. The van der Waals surface area contributed by atoms with Gasteiger partial charge < -0.3 is 10.2 Å². The van der Waals surface area contributed by atoms with Gasteiger partial charge in [0.1, 0.15) is 0 Å². The number of para-hydroxylation sites is 2. The molecule has 0 spiro atoms. The van der Waals surface area contributed by atoms with Crippen LogP contribution in [0.25, 0.3) is 11.0 Å². The number of aryl methyl sites for hydroxylation is 1. The molecule has 3 aromatic carbocycles. The van der Waals surface area contributed by atoms with Gasteiger partial charge in [0, 0.05) is 25.6 Å². The van der Waals surface area contributed by atoms with E-state index in [1.54, 1.807) is 0 Å². The first-order chi connectivity index (χ1) is 18.0. The minimum absolute atomic E-state index is 0.0468. The molecule has 190 valence electrons. The number of aromatic nitrogens is 2. The van der Waals surface area contributed by atoms with Gasteiger partial charge in [-0.15, -0.1) is 0 Å². The van der Waals surface area contributed by atoms with E-state index in [-0.39, 0.29) is 23.3 Å². The molecule has 4 aromatic rings. The van der Waals surface area contributed by atoms with Crippen LogP contribution in [0.2, 0.25) is 0 Å². The second kappa shape index (κ2) is 11.0. The standard InChI is InChI=1S/C31H34N4O2/c1-22-12-14-24(15-13-22)21-35-28-11-7-6-10-27(28)33-29(31(35)37)34-18-16-26(17-19-34)30(36)32-20-23(2)25-8-4-3-5-9-25/h3-15,23,26H,16-21H2,1-2H3,(H,32,36)/t23-/m1/s1. The third-order valence-electron chi connectivity index (χ3n) is 7.41. The zero-order valence-corrected chi connectivity index (χ0v) is 21.6. The largest absolute Gasteiger partial charge is 0.355 e. The van der Waals surface area contributed by atoms with Crippen LogP contribution in [-0.4, -0.2) is 35.1 Å². The van der Waals surface area contributed by atoms with Crippen molar-refractivity contribution in [3.05, 3.63) is 106 Å². The average Bonchev–Trinajstić information content (AvgIpc) is 2.94. The fraction of sp³-hybridized carbons (Fsp3) is 0.323. The van der Waals surface area contributed by atoms with Gasteiger partial charge in [0.05, 0.1) is 17.6 Å². The molecule has 1 N–H and O–H groups in total. The van der Waals surface area contributed by atoms with Crippen molar-refractivity contribution in [1.82, 2.24) is 14.9 Å². The number of hydrogen-bond acceptors (Lipinski definition) is 4. The van der Waals surface area contributed by atoms with Crippen LogP contribution in [-0.2, 0) is 11.3 Å². The average molecular weight is 495 g/mol. The topological polar surface area (TPSA) is 67.2 Å². The van der Waals surface area contributed by atoms with Gasteiger partial charge in [0.25, 0.3) is 5.56 Å². The Morgan fingerprint density at radius 3 is 2.38 bits per heavy atom. The van der Waals surface area contributed by atoms with E-state index >= 15 is 0 Å². The number of carbonyl (C=O) groups excluding carboxylic acids is 1. The van der Waals surface area contributed by atoms with Crippen LogP contribution in [0.1, 0.15) is 42.4 Å². The summed E-state index contributed by atoms with van der Waals surface area (Å²) in [5.74, 6) is 0.793. The van der Waals surface area contributed by atoms with Crippen molar-refractivity contribution in [3.63, 3.8) is 0 Å². The first kappa shape index (κ1) is 24.8. The van der Waals surface area contributed by atoms with Crippen LogP contribution in [0.3, 0.4) is 0 Å². The number of nitrogens with one attached hydrogen (secondary N) is 1. The van der Waals surface area contributed by atoms with Crippen molar-refractivity contribution in [1.29, 1.82) is 0 Å². The molecule has 1 amide bonds. The number of amides is 1. The summed E-state index contributed by atoms with van der Waals surface area (Å²) in [7, 11) is 0. The highest BCUT2D eigenvalue weighted by molar-refractivity contribution is 5.79. The van der Waals surface area contributed by atoms with Gasteiger partial charge >= 0.3 is 0 Å². The number of benzene rings is 3.